The van der Waals surface area contributed by atoms with Crippen LogP contribution in [0.5, 0.6) is 11.5 Å². The average molecular weight is 592 g/mol. The number of carbonyl (C=O) groups excluding carboxylic acids is 2. The van der Waals surface area contributed by atoms with E-state index in [0.717, 1.165) is 6.08 Å². The fraction of sp³-hybridized carbons (Fsp3) is 0.303. The van der Waals surface area contributed by atoms with E-state index in [0.29, 0.717) is 51.0 Å². The van der Waals surface area contributed by atoms with Gasteiger partial charge in [0.15, 0.2) is 17.3 Å². The van der Waals surface area contributed by atoms with Gasteiger partial charge in [-0.05, 0) is 47.4 Å². The number of carboxylic acid groups (broad SMARTS) is 1. The van der Waals surface area contributed by atoms with E-state index in [9.17, 15) is 14.4 Å². The van der Waals surface area contributed by atoms with Crippen LogP contribution in [0.1, 0.15) is 60.3 Å². The van der Waals surface area contributed by atoms with Gasteiger partial charge in [-0.1, -0.05) is 62.7 Å². The summed E-state index contributed by atoms with van der Waals surface area (Å²) in [6.07, 6.45) is 0.199. The first-order valence-corrected chi connectivity index (χ1v) is 13.8. The lowest BCUT2D eigenvalue weighted by Gasteiger charge is -2.31. The van der Waals surface area contributed by atoms with Crippen LogP contribution in [0.15, 0.2) is 66.7 Å². The number of para-hydroxylation sites is 1. The van der Waals surface area contributed by atoms with E-state index in [2.05, 4.69) is 0 Å². The molecule has 0 bridgehead atoms. The number of aliphatic carboxylic acids is 1. The van der Waals surface area contributed by atoms with Crippen LogP contribution >= 0.6 is 11.6 Å². The lowest BCUT2D eigenvalue weighted by atomic mass is 9.94. The molecule has 1 aliphatic heterocycles. The SMILES string of the molecule is COc1cccc([C@H]2O[C@H](CC(=O)c3cccc(/C=C/C(=O)O)c3)C(=O)N(CC(C)(C)C)c3ccc(Cl)cc32)c1OC. The number of rotatable bonds is 9. The van der Waals surface area contributed by atoms with Gasteiger partial charge < -0.3 is 24.2 Å². The molecule has 0 radical (unpaired) electrons. The Morgan fingerprint density at radius 2 is 1.76 bits per heavy atom. The topological polar surface area (TPSA) is 102 Å². The maximum Gasteiger partial charge on any atom is 0.328 e. The van der Waals surface area contributed by atoms with Gasteiger partial charge in [-0.3, -0.25) is 9.59 Å². The van der Waals surface area contributed by atoms with Crippen LogP contribution in [0.2, 0.25) is 5.02 Å². The van der Waals surface area contributed by atoms with Crippen molar-refractivity contribution in [2.45, 2.75) is 39.4 Å². The first-order valence-electron chi connectivity index (χ1n) is 13.4. The van der Waals surface area contributed by atoms with Gasteiger partial charge in [0.1, 0.15) is 12.2 Å². The van der Waals surface area contributed by atoms with Crippen LogP contribution in [-0.2, 0) is 14.3 Å². The zero-order chi connectivity index (χ0) is 30.6. The number of carboxylic acids is 1. The molecule has 4 rings (SSSR count). The molecule has 3 aromatic carbocycles. The Morgan fingerprint density at radius 3 is 2.43 bits per heavy atom. The van der Waals surface area contributed by atoms with Crippen molar-refractivity contribution in [3.63, 3.8) is 0 Å². The highest BCUT2D eigenvalue weighted by molar-refractivity contribution is 6.30. The summed E-state index contributed by atoms with van der Waals surface area (Å²) in [6.45, 7) is 6.45. The minimum absolute atomic E-state index is 0.240. The third-order valence-corrected chi connectivity index (χ3v) is 6.99. The number of hydrogen-bond donors (Lipinski definition) is 1. The monoisotopic (exact) mass is 591 g/mol. The second-order valence-electron chi connectivity index (χ2n) is 11.2. The molecule has 1 N–H and O–H groups in total. The molecule has 0 aliphatic carbocycles. The van der Waals surface area contributed by atoms with Crippen LogP contribution in [0.3, 0.4) is 0 Å². The van der Waals surface area contributed by atoms with Gasteiger partial charge in [0, 0.05) is 46.4 Å². The van der Waals surface area contributed by atoms with Crippen molar-refractivity contribution in [1.29, 1.82) is 0 Å². The number of halogens is 1. The maximum absolute atomic E-state index is 14.2. The molecule has 0 saturated heterocycles. The second-order valence-corrected chi connectivity index (χ2v) is 11.6. The van der Waals surface area contributed by atoms with E-state index in [1.165, 1.54) is 20.3 Å². The number of anilines is 1. The lowest BCUT2D eigenvalue weighted by molar-refractivity contribution is -0.132. The number of ketones is 1. The third-order valence-electron chi connectivity index (χ3n) is 6.75. The van der Waals surface area contributed by atoms with Crippen molar-refractivity contribution in [3.05, 3.63) is 94.0 Å². The molecule has 0 unspecified atom stereocenters. The Balaban J connectivity index is 1.83. The molecule has 1 heterocycles. The first kappa shape index (κ1) is 30.8. The molecule has 0 spiro atoms. The Bertz CT molecular complexity index is 1530. The number of methoxy groups -OCH3 is 2. The molecule has 0 aromatic heterocycles. The maximum atomic E-state index is 14.2. The van der Waals surface area contributed by atoms with Gasteiger partial charge >= 0.3 is 5.97 Å². The van der Waals surface area contributed by atoms with Crippen molar-refractivity contribution in [1.82, 2.24) is 0 Å². The van der Waals surface area contributed by atoms with Crippen molar-refractivity contribution in [3.8, 4) is 11.5 Å². The molecule has 0 fully saturated rings. The van der Waals surface area contributed by atoms with Crippen molar-refractivity contribution in [2.24, 2.45) is 5.41 Å². The third kappa shape index (κ3) is 7.01. The summed E-state index contributed by atoms with van der Waals surface area (Å²) in [5.41, 5.74) is 2.50. The Labute approximate surface area is 250 Å². The number of fused-ring (bicyclic) bond motifs is 1. The quantitative estimate of drug-likeness (QED) is 0.221. The minimum Gasteiger partial charge on any atom is -0.493 e. The highest BCUT2D eigenvalue weighted by Gasteiger charge is 2.40. The van der Waals surface area contributed by atoms with Crippen molar-refractivity contribution >= 4 is 41.0 Å². The zero-order valence-electron chi connectivity index (χ0n) is 24.2. The second kappa shape index (κ2) is 12.8. The van der Waals surface area contributed by atoms with E-state index in [1.807, 2.05) is 26.8 Å². The summed E-state index contributed by atoms with van der Waals surface area (Å²) in [5, 5.41) is 9.44. The van der Waals surface area contributed by atoms with E-state index in [1.54, 1.807) is 59.5 Å². The average Bonchev–Trinajstić information content (AvgIpc) is 3.05. The van der Waals surface area contributed by atoms with Gasteiger partial charge in [-0.25, -0.2) is 4.79 Å². The summed E-state index contributed by atoms with van der Waals surface area (Å²) in [7, 11) is 3.07. The van der Waals surface area contributed by atoms with Crippen molar-refractivity contribution in [2.75, 3.05) is 25.7 Å². The summed E-state index contributed by atoms with van der Waals surface area (Å²) in [5.74, 6) is -0.844. The standard InChI is InChI=1S/C33H34ClNO7/c1-33(2,3)19-35-25-14-13-22(34)17-24(25)30(23-10-7-11-27(40-4)31(23)41-5)42-28(32(35)39)18-26(36)21-9-6-8-20(16-21)12-15-29(37)38/h6-17,28,30H,18-19H2,1-5H3,(H,37,38)/b15-12+/t28-,30-/m1/s1. The number of nitrogens with zero attached hydrogens (tertiary/aromatic N) is 1. The smallest absolute Gasteiger partial charge is 0.328 e. The molecule has 3 aromatic rings. The predicted molar refractivity (Wildman–Crippen MR) is 162 cm³/mol. The summed E-state index contributed by atoms with van der Waals surface area (Å²) in [6, 6.07) is 17.3. The van der Waals surface area contributed by atoms with Gasteiger partial charge in [0.25, 0.3) is 5.91 Å². The van der Waals surface area contributed by atoms with E-state index in [-0.39, 0.29) is 23.5 Å². The van der Waals surface area contributed by atoms with Gasteiger partial charge in [-0.15, -0.1) is 0 Å². The van der Waals surface area contributed by atoms with E-state index >= 15 is 0 Å². The number of carbonyl (C=O) groups is 3. The molecule has 220 valence electrons. The summed E-state index contributed by atoms with van der Waals surface area (Å²) >= 11 is 6.48. The van der Waals surface area contributed by atoms with Gasteiger partial charge in [0.2, 0.25) is 0 Å². The fourth-order valence-electron chi connectivity index (χ4n) is 4.97. The highest BCUT2D eigenvalue weighted by atomic mass is 35.5. The number of ether oxygens (including phenoxy) is 3. The molecular formula is C33H34ClNO7. The minimum atomic E-state index is -1.15. The number of amides is 1. The molecule has 0 saturated carbocycles. The zero-order valence-corrected chi connectivity index (χ0v) is 25.0. The molecule has 42 heavy (non-hydrogen) atoms. The van der Waals surface area contributed by atoms with Crippen molar-refractivity contribution < 1.29 is 33.7 Å². The largest absolute Gasteiger partial charge is 0.493 e. The molecular weight excluding hydrogens is 558 g/mol. The molecule has 9 heteroatoms. The van der Waals surface area contributed by atoms with Crippen LogP contribution < -0.4 is 14.4 Å². The Kier molecular flexibility index (Phi) is 9.39. The molecule has 8 nitrogen and oxygen atoms in total. The van der Waals surface area contributed by atoms with Crippen LogP contribution in [0.4, 0.5) is 5.69 Å². The predicted octanol–water partition coefficient (Wildman–Crippen LogP) is 6.60. The Hall–Kier alpha value is -4.14. The number of Topliss-reactive ketones (excluding diaryl/α,β-unsaturated/α-hetero) is 1. The number of benzene rings is 3. The van der Waals surface area contributed by atoms with E-state index < -0.39 is 18.2 Å². The first-order chi connectivity index (χ1) is 19.9. The van der Waals surface area contributed by atoms with Gasteiger partial charge in [0.05, 0.1) is 14.2 Å². The highest BCUT2D eigenvalue weighted by Crippen LogP contribution is 2.45. The lowest BCUT2D eigenvalue weighted by Crippen LogP contribution is -2.44. The van der Waals surface area contributed by atoms with Crippen LogP contribution in [0.25, 0.3) is 6.08 Å². The molecule has 2 atom stereocenters. The molecule has 1 amide bonds. The normalized spacial score (nSPS) is 17.1. The summed E-state index contributed by atoms with van der Waals surface area (Å²) in [4.78, 5) is 40.4. The number of hydrogen-bond acceptors (Lipinski definition) is 6. The fourth-order valence-corrected chi connectivity index (χ4v) is 5.15. The van der Waals surface area contributed by atoms with Gasteiger partial charge in [-0.2, -0.15) is 0 Å². The van der Waals surface area contributed by atoms with E-state index in [4.69, 9.17) is 30.9 Å². The van der Waals surface area contributed by atoms with Crippen LogP contribution in [0, 0.1) is 5.41 Å². The van der Waals surface area contributed by atoms with Crippen LogP contribution in [-0.4, -0.2) is 49.6 Å². The summed E-state index contributed by atoms with van der Waals surface area (Å²) < 4.78 is 17.8. The molecule has 1 aliphatic rings. The Morgan fingerprint density at radius 1 is 1.02 bits per heavy atom.